The van der Waals surface area contributed by atoms with Gasteiger partial charge in [-0.15, -0.1) is 0 Å². The molecule has 1 aliphatic heterocycles. The van der Waals surface area contributed by atoms with Gasteiger partial charge >= 0.3 is 5.97 Å². The number of benzene rings is 1. The van der Waals surface area contributed by atoms with Gasteiger partial charge in [-0.2, -0.15) is 0 Å². The fourth-order valence-electron chi connectivity index (χ4n) is 1.83. The van der Waals surface area contributed by atoms with Crippen LogP contribution >= 0.6 is 0 Å². The van der Waals surface area contributed by atoms with E-state index in [-0.39, 0.29) is 12.1 Å². The highest BCUT2D eigenvalue weighted by Gasteiger charge is 2.23. The number of ether oxygens (including phenoxy) is 2. The minimum absolute atomic E-state index is 0.0719. The van der Waals surface area contributed by atoms with Crippen LogP contribution in [0.1, 0.15) is 23.7 Å². The molecule has 3 nitrogen and oxygen atoms in total. The van der Waals surface area contributed by atoms with Gasteiger partial charge in [0, 0.05) is 6.61 Å². The van der Waals surface area contributed by atoms with Gasteiger partial charge in [0.2, 0.25) is 0 Å². The summed E-state index contributed by atoms with van der Waals surface area (Å²) in [7, 11) is 0. The Balaban J connectivity index is 1.80. The van der Waals surface area contributed by atoms with E-state index in [0.717, 1.165) is 13.0 Å². The molecule has 1 aromatic rings. The zero-order chi connectivity index (χ0) is 11.4. The Labute approximate surface area is 95.4 Å². The molecular weight excluding hydrogens is 204 g/mol. The van der Waals surface area contributed by atoms with Crippen LogP contribution in [0.5, 0.6) is 0 Å². The minimum atomic E-state index is -0.274. The highest BCUT2D eigenvalue weighted by molar-refractivity contribution is 5.89. The average molecular weight is 220 g/mol. The first-order valence-corrected chi connectivity index (χ1v) is 5.59. The first-order valence-electron chi connectivity index (χ1n) is 5.59. The molecule has 1 aromatic carbocycles. The second kappa shape index (κ2) is 5.12. The predicted octanol–water partition coefficient (Wildman–Crippen LogP) is 2.27. The third-order valence-corrected chi connectivity index (χ3v) is 2.69. The molecule has 2 rings (SSSR count). The quantitative estimate of drug-likeness (QED) is 0.733. The van der Waals surface area contributed by atoms with Gasteiger partial charge in [0.1, 0.15) is 6.61 Å². The van der Waals surface area contributed by atoms with E-state index < -0.39 is 0 Å². The van der Waals surface area contributed by atoms with Crippen LogP contribution in [0.3, 0.4) is 0 Å². The maximum Gasteiger partial charge on any atom is 0.338 e. The summed E-state index contributed by atoms with van der Waals surface area (Å²) in [5.74, 6) is 0.296. The fourth-order valence-corrected chi connectivity index (χ4v) is 1.83. The summed E-state index contributed by atoms with van der Waals surface area (Å²) in [4.78, 5) is 11.6. The summed E-state index contributed by atoms with van der Waals surface area (Å²) < 4.78 is 10.7. The lowest BCUT2D eigenvalue weighted by Crippen LogP contribution is -2.17. The van der Waals surface area contributed by atoms with E-state index in [0.29, 0.717) is 18.1 Å². The van der Waals surface area contributed by atoms with Crippen LogP contribution in [0.4, 0.5) is 0 Å². The number of rotatable bonds is 3. The molecule has 1 unspecified atom stereocenters. The number of carbonyl (C=O) groups excluding carboxylic acids is 1. The number of carbonyl (C=O) groups is 1. The van der Waals surface area contributed by atoms with Crippen molar-refractivity contribution in [3.8, 4) is 0 Å². The van der Waals surface area contributed by atoms with Crippen molar-refractivity contribution < 1.29 is 14.3 Å². The molecule has 0 spiro atoms. The molecule has 0 bridgehead atoms. The van der Waals surface area contributed by atoms with Crippen LogP contribution in [0, 0.1) is 5.92 Å². The second-order valence-electron chi connectivity index (χ2n) is 4.26. The molecule has 0 N–H and O–H groups in total. The highest BCUT2D eigenvalue weighted by Crippen LogP contribution is 2.19. The van der Waals surface area contributed by atoms with Gasteiger partial charge < -0.3 is 9.47 Å². The predicted molar refractivity (Wildman–Crippen MR) is 60.2 cm³/mol. The van der Waals surface area contributed by atoms with Gasteiger partial charge in [-0.05, 0) is 24.5 Å². The first-order chi connectivity index (χ1) is 7.75. The molecule has 0 saturated carbocycles. The maximum atomic E-state index is 11.6. The van der Waals surface area contributed by atoms with Gasteiger partial charge in [-0.25, -0.2) is 4.79 Å². The van der Waals surface area contributed by atoms with Crippen molar-refractivity contribution >= 4 is 5.97 Å². The van der Waals surface area contributed by atoms with Crippen LogP contribution in [0.25, 0.3) is 0 Å². The monoisotopic (exact) mass is 220 g/mol. The van der Waals surface area contributed by atoms with E-state index >= 15 is 0 Å². The third-order valence-electron chi connectivity index (χ3n) is 2.69. The summed E-state index contributed by atoms with van der Waals surface area (Å²) in [6.45, 7) is 3.27. The fraction of sp³-hybridized carbons (Fsp3) is 0.462. The van der Waals surface area contributed by atoms with E-state index in [2.05, 4.69) is 6.92 Å². The number of hydrogen-bond donors (Lipinski definition) is 0. The molecule has 1 heterocycles. The van der Waals surface area contributed by atoms with Crippen molar-refractivity contribution in [2.75, 3.05) is 13.2 Å². The van der Waals surface area contributed by atoms with Crippen molar-refractivity contribution in [2.45, 2.75) is 19.4 Å². The SMILES string of the molecule is C[C@H]1COC(COC(=O)c2ccccc2)C1. The second-order valence-corrected chi connectivity index (χ2v) is 4.26. The van der Waals surface area contributed by atoms with E-state index in [4.69, 9.17) is 9.47 Å². The molecule has 1 fully saturated rings. The van der Waals surface area contributed by atoms with Gasteiger partial charge in [0.25, 0.3) is 0 Å². The number of hydrogen-bond acceptors (Lipinski definition) is 3. The summed E-state index contributed by atoms with van der Waals surface area (Å²) in [6.07, 6.45) is 1.05. The van der Waals surface area contributed by atoms with Gasteiger partial charge in [-0.1, -0.05) is 25.1 Å². The van der Waals surface area contributed by atoms with E-state index in [1.807, 2.05) is 18.2 Å². The van der Waals surface area contributed by atoms with Crippen LogP contribution < -0.4 is 0 Å². The molecule has 0 radical (unpaired) electrons. The number of esters is 1. The van der Waals surface area contributed by atoms with Crippen LogP contribution in [-0.2, 0) is 9.47 Å². The zero-order valence-electron chi connectivity index (χ0n) is 9.39. The van der Waals surface area contributed by atoms with Crippen molar-refractivity contribution in [3.63, 3.8) is 0 Å². The Morgan fingerprint density at radius 2 is 2.19 bits per heavy atom. The zero-order valence-corrected chi connectivity index (χ0v) is 9.39. The molecular formula is C13H16O3. The molecule has 16 heavy (non-hydrogen) atoms. The Hall–Kier alpha value is -1.35. The van der Waals surface area contributed by atoms with Crippen molar-refractivity contribution in [2.24, 2.45) is 5.92 Å². The summed E-state index contributed by atoms with van der Waals surface area (Å²) >= 11 is 0. The Morgan fingerprint density at radius 1 is 1.44 bits per heavy atom. The molecule has 0 amide bonds. The first kappa shape index (κ1) is 11.1. The standard InChI is InChI=1S/C13H16O3/c1-10-7-12(15-8-10)9-16-13(14)11-5-3-2-4-6-11/h2-6,10,12H,7-9H2,1H3/t10-,12?/m1/s1. The van der Waals surface area contributed by atoms with E-state index in [1.165, 1.54) is 0 Å². The van der Waals surface area contributed by atoms with Gasteiger partial charge in [0.05, 0.1) is 11.7 Å². The minimum Gasteiger partial charge on any atom is -0.459 e. The van der Waals surface area contributed by atoms with E-state index in [1.54, 1.807) is 12.1 Å². The largest absolute Gasteiger partial charge is 0.459 e. The van der Waals surface area contributed by atoms with Crippen molar-refractivity contribution in [1.29, 1.82) is 0 Å². The topological polar surface area (TPSA) is 35.5 Å². The normalized spacial score (nSPS) is 24.3. The Bertz CT molecular complexity index is 347. The molecule has 1 saturated heterocycles. The summed E-state index contributed by atoms with van der Waals surface area (Å²) in [5, 5.41) is 0. The lowest BCUT2D eigenvalue weighted by Gasteiger charge is -2.10. The summed E-state index contributed by atoms with van der Waals surface area (Å²) in [5.41, 5.74) is 0.591. The molecule has 1 aliphatic rings. The highest BCUT2D eigenvalue weighted by atomic mass is 16.6. The maximum absolute atomic E-state index is 11.6. The van der Waals surface area contributed by atoms with Crippen molar-refractivity contribution in [3.05, 3.63) is 35.9 Å². The Morgan fingerprint density at radius 3 is 2.81 bits per heavy atom. The molecule has 0 aromatic heterocycles. The lowest BCUT2D eigenvalue weighted by molar-refractivity contribution is 0.0158. The van der Waals surface area contributed by atoms with Crippen molar-refractivity contribution in [1.82, 2.24) is 0 Å². The third kappa shape index (κ3) is 2.83. The summed E-state index contributed by atoms with van der Waals surface area (Å²) in [6, 6.07) is 9.02. The van der Waals surface area contributed by atoms with Gasteiger partial charge in [-0.3, -0.25) is 0 Å². The van der Waals surface area contributed by atoms with Crippen LogP contribution in [-0.4, -0.2) is 25.3 Å². The molecule has 86 valence electrons. The molecule has 2 atom stereocenters. The van der Waals surface area contributed by atoms with Crippen LogP contribution in [0.15, 0.2) is 30.3 Å². The van der Waals surface area contributed by atoms with E-state index in [9.17, 15) is 4.79 Å². The average Bonchev–Trinajstić information content (AvgIpc) is 2.73. The van der Waals surface area contributed by atoms with Gasteiger partial charge in [0.15, 0.2) is 0 Å². The molecule has 3 heteroatoms. The lowest BCUT2D eigenvalue weighted by atomic mass is 10.1. The molecule has 0 aliphatic carbocycles. The van der Waals surface area contributed by atoms with Crippen LogP contribution in [0.2, 0.25) is 0 Å². The Kier molecular flexibility index (Phi) is 3.57. The smallest absolute Gasteiger partial charge is 0.338 e.